The van der Waals surface area contributed by atoms with Crippen LogP contribution in [0.5, 0.6) is 5.75 Å². The second kappa shape index (κ2) is 6.46. The third-order valence-corrected chi connectivity index (χ3v) is 1.64. The van der Waals surface area contributed by atoms with Crippen LogP contribution in [0.25, 0.3) is 0 Å². The zero-order valence-electron chi connectivity index (χ0n) is 8.73. The highest BCUT2D eigenvalue weighted by molar-refractivity contribution is 5.28. The van der Waals surface area contributed by atoms with Crippen molar-refractivity contribution >= 4 is 0 Å². The van der Waals surface area contributed by atoms with Crippen molar-refractivity contribution in [2.24, 2.45) is 0 Å². The van der Waals surface area contributed by atoms with E-state index in [9.17, 15) is 4.39 Å². The molecule has 0 aliphatic rings. The summed E-state index contributed by atoms with van der Waals surface area (Å²) < 4.78 is 17.8. The molecule has 2 heteroatoms. The zero-order chi connectivity index (χ0) is 10.3. The molecule has 0 aliphatic carbocycles. The highest BCUT2D eigenvalue weighted by atomic mass is 19.1. The molecule has 0 bridgehead atoms. The molecule has 0 amide bonds. The molecule has 0 spiro atoms. The summed E-state index contributed by atoms with van der Waals surface area (Å²) in [6.45, 7) is 5.92. The Hall–Kier alpha value is -1.05. The number of ether oxygens (including phenoxy) is 1. The summed E-state index contributed by atoms with van der Waals surface area (Å²) in [6, 6.07) is 4.91. The SMILES string of the molecule is CC.CCc1ccc(OC)cc1F. The predicted octanol–water partition coefficient (Wildman–Crippen LogP) is 3.42. The lowest BCUT2D eigenvalue weighted by atomic mass is 10.1. The molecule has 0 unspecified atom stereocenters. The van der Waals surface area contributed by atoms with Gasteiger partial charge >= 0.3 is 0 Å². The Morgan fingerprint density at radius 1 is 1.31 bits per heavy atom. The smallest absolute Gasteiger partial charge is 0.130 e. The minimum atomic E-state index is -0.188. The number of methoxy groups -OCH3 is 1. The van der Waals surface area contributed by atoms with E-state index in [1.807, 2.05) is 20.8 Å². The van der Waals surface area contributed by atoms with Crippen LogP contribution >= 0.6 is 0 Å². The van der Waals surface area contributed by atoms with Crippen molar-refractivity contribution in [2.45, 2.75) is 27.2 Å². The van der Waals surface area contributed by atoms with E-state index in [0.717, 1.165) is 12.0 Å². The summed E-state index contributed by atoms with van der Waals surface area (Å²) in [6.07, 6.45) is 0.718. The second-order valence-corrected chi connectivity index (χ2v) is 2.31. The fourth-order valence-corrected chi connectivity index (χ4v) is 0.942. The molecular formula is C11H17FO. The van der Waals surface area contributed by atoms with Crippen LogP contribution in [0.4, 0.5) is 4.39 Å². The van der Waals surface area contributed by atoms with Gasteiger partial charge in [-0.05, 0) is 18.1 Å². The second-order valence-electron chi connectivity index (χ2n) is 2.31. The van der Waals surface area contributed by atoms with E-state index in [2.05, 4.69) is 0 Å². The van der Waals surface area contributed by atoms with Gasteiger partial charge in [0.2, 0.25) is 0 Å². The van der Waals surface area contributed by atoms with Crippen molar-refractivity contribution in [3.05, 3.63) is 29.6 Å². The summed E-state index contributed by atoms with van der Waals surface area (Å²) in [5, 5.41) is 0. The van der Waals surface area contributed by atoms with Gasteiger partial charge in [0, 0.05) is 6.07 Å². The maximum atomic E-state index is 13.0. The first-order valence-corrected chi connectivity index (χ1v) is 4.60. The molecule has 13 heavy (non-hydrogen) atoms. The minimum Gasteiger partial charge on any atom is -0.497 e. The van der Waals surface area contributed by atoms with Gasteiger partial charge in [0.25, 0.3) is 0 Å². The van der Waals surface area contributed by atoms with Crippen molar-refractivity contribution in [3.63, 3.8) is 0 Å². The van der Waals surface area contributed by atoms with E-state index in [4.69, 9.17) is 4.74 Å². The van der Waals surface area contributed by atoms with E-state index in [-0.39, 0.29) is 5.82 Å². The van der Waals surface area contributed by atoms with E-state index >= 15 is 0 Å². The van der Waals surface area contributed by atoms with Gasteiger partial charge in [0.05, 0.1) is 7.11 Å². The molecule has 0 fully saturated rings. The average molecular weight is 184 g/mol. The first-order chi connectivity index (χ1) is 6.27. The number of rotatable bonds is 2. The van der Waals surface area contributed by atoms with E-state index in [1.54, 1.807) is 12.1 Å². The average Bonchev–Trinajstić information content (AvgIpc) is 2.20. The van der Waals surface area contributed by atoms with Crippen LogP contribution in [-0.2, 0) is 6.42 Å². The number of hydrogen-bond acceptors (Lipinski definition) is 1. The lowest BCUT2D eigenvalue weighted by Crippen LogP contribution is -1.89. The van der Waals surface area contributed by atoms with Gasteiger partial charge in [-0.15, -0.1) is 0 Å². The van der Waals surface area contributed by atoms with Gasteiger partial charge in [-0.2, -0.15) is 0 Å². The van der Waals surface area contributed by atoms with Crippen molar-refractivity contribution in [2.75, 3.05) is 7.11 Å². The third kappa shape index (κ3) is 3.45. The Morgan fingerprint density at radius 3 is 2.31 bits per heavy atom. The normalized spacial score (nSPS) is 8.69. The van der Waals surface area contributed by atoms with Crippen LogP contribution in [0.1, 0.15) is 26.3 Å². The van der Waals surface area contributed by atoms with Crippen LogP contribution in [0, 0.1) is 5.82 Å². The Bertz CT molecular complexity index is 246. The van der Waals surface area contributed by atoms with E-state index in [1.165, 1.54) is 13.2 Å². The molecule has 1 nitrogen and oxygen atoms in total. The van der Waals surface area contributed by atoms with Gasteiger partial charge in [0.15, 0.2) is 0 Å². The Labute approximate surface area is 79.5 Å². The van der Waals surface area contributed by atoms with Crippen molar-refractivity contribution in [1.29, 1.82) is 0 Å². The van der Waals surface area contributed by atoms with Crippen molar-refractivity contribution < 1.29 is 9.13 Å². The van der Waals surface area contributed by atoms with Crippen LogP contribution in [0.3, 0.4) is 0 Å². The maximum absolute atomic E-state index is 13.0. The molecule has 0 radical (unpaired) electrons. The quantitative estimate of drug-likeness (QED) is 0.684. The van der Waals surface area contributed by atoms with Crippen molar-refractivity contribution in [3.8, 4) is 5.75 Å². The standard InChI is InChI=1S/C9H11FO.C2H6/c1-3-7-4-5-8(11-2)6-9(7)10;1-2/h4-6H,3H2,1-2H3;1-2H3. The fourth-order valence-electron chi connectivity index (χ4n) is 0.942. The van der Waals surface area contributed by atoms with Gasteiger partial charge in [-0.3, -0.25) is 0 Å². The summed E-state index contributed by atoms with van der Waals surface area (Å²) in [5.74, 6) is 0.381. The summed E-state index contributed by atoms with van der Waals surface area (Å²) in [5.41, 5.74) is 0.728. The maximum Gasteiger partial charge on any atom is 0.130 e. The summed E-state index contributed by atoms with van der Waals surface area (Å²) in [4.78, 5) is 0. The molecule has 1 aromatic carbocycles. The number of aryl methyl sites for hydroxylation is 1. The molecule has 0 heterocycles. The van der Waals surface area contributed by atoms with Crippen LogP contribution in [-0.4, -0.2) is 7.11 Å². The van der Waals surface area contributed by atoms with E-state index in [0.29, 0.717) is 5.75 Å². The van der Waals surface area contributed by atoms with Gasteiger partial charge < -0.3 is 4.74 Å². The zero-order valence-corrected chi connectivity index (χ0v) is 8.73. The first kappa shape index (κ1) is 11.9. The minimum absolute atomic E-state index is 0.188. The predicted molar refractivity (Wildman–Crippen MR) is 53.7 cm³/mol. The number of benzene rings is 1. The van der Waals surface area contributed by atoms with Crippen LogP contribution in [0.15, 0.2) is 18.2 Å². The van der Waals surface area contributed by atoms with Gasteiger partial charge in [-0.1, -0.05) is 26.8 Å². The number of halogens is 1. The third-order valence-electron chi connectivity index (χ3n) is 1.64. The molecule has 0 atom stereocenters. The molecule has 0 aliphatic heterocycles. The lowest BCUT2D eigenvalue weighted by Gasteiger charge is -2.02. The van der Waals surface area contributed by atoms with Gasteiger partial charge in [0.1, 0.15) is 11.6 Å². The monoisotopic (exact) mass is 184 g/mol. The van der Waals surface area contributed by atoms with Crippen LogP contribution in [0.2, 0.25) is 0 Å². The number of hydrogen-bond donors (Lipinski definition) is 0. The Morgan fingerprint density at radius 2 is 1.92 bits per heavy atom. The summed E-state index contributed by atoms with van der Waals surface area (Å²) >= 11 is 0. The van der Waals surface area contributed by atoms with Crippen LogP contribution < -0.4 is 4.74 Å². The Balaban J connectivity index is 0.000000671. The summed E-state index contributed by atoms with van der Waals surface area (Å²) in [7, 11) is 1.53. The van der Waals surface area contributed by atoms with Gasteiger partial charge in [-0.25, -0.2) is 4.39 Å². The van der Waals surface area contributed by atoms with E-state index < -0.39 is 0 Å². The molecule has 0 saturated carbocycles. The fraction of sp³-hybridized carbons (Fsp3) is 0.455. The molecular weight excluding hydrogens is 167 g/mol. The molecule has 0 N–H and O–H groups in total. The molecule has 74 valence electrons. The molecule has 1 aromatic rings. The largest absolute Gasteiger partial charge is 0.497 e. The molecule has 0 aromatic heterocycles. The first-order valence-electron chi connectivity index (χ1n) is 4.60. The highest BCUT2D eigenvalue weighted by Gasteiger charge is 2.00. The molecule has 0 saturated heterocycles. The lowest BCUT2D eigenvalue weighted by molar-refractivity contribution is 0.410. The Kier molecular flexibility index (Phi) is 5.94. The highest BCUT2D eigenvalue weighted by Crippen LogP contribution is 2.15. The molecule has 1 rings (SSSR count). The topological polar surface area (TPSA) is 9.23 Å². The van der Waals surface area contributed by atoms with Crippen molar-refractivity contribution in [1.82, 2.24) is 0 Å².